The maximum absolute atomic E-state index is 12.8. The number of hydrogen-bond acceptors (Lipinski definition) is 10. The van der Waals surface area contributed by atoms with Gasteiger partial charge in [-0.1, -0.05) is 44.2 Å². The van der Waals surface area contributed by atoms with Gasteiger partial charge in [0.25, 0.3) is 0 Å². The summed E-state index contributed by atoms with van der Waals surface area (Å²) in [6, 6.07) is 10.6. The Bertz CT molecular complexity index is 1460. The van der Waals surface area contributed by atoms with Gasteiger partial charge in [-0.3, -0.25) is 4.79 Å². The number of likely N-dealkylation sites (N-methyl/N-ethyl adjacent to an activating group) is 1. The average Bonchev–Trinajstić information content (AvgIpc) is 2.98. The van der Waals surface area contributed by atoms with Crippen LogP contribution in [-0.2, 0) is 14.1 Å². The van der Waals surface area contributed by atoms with E-state index in [1.54, 1.807) is 32.6 Å². The van der Waals surface area contributed by atoms with Crippen LogP contribution >= 0.6 is 18.7 Å². The number of anilines is 5. The van der Waals surface area contributed by atoms with Crippen molar-refractivity contribution in [3.05, 3.63) is 60.3 Å². The van der Waals surface area contributed by atoms with E-state index in [0.717, 1.165) is 13.1 Å². The van der Waals surface area contributed by atoms with Crippen molar-refractivity contribution in [1.82, 2.24) is 14.9 Å². The SMILES string of the molecule is C=CC(=O)Nc1cc(Nc2ncc(Cl)c(Nc3ccccc3P(C)(C)=O)n2)c(OC)cc1O[C@H](COC)CN(CC)CC. The normalized spacial score (nSPS) is 12.0. The predicted octanol–water partition coefficient (Wildman–Crippen LogP) is 5.73. The lowest BCUT2D eigenvalue weighted by Gasteiger charge is -2.27. The molecule has 0 saturated carbocycles. The van der Waals surface area contributed by atoms with Gasteiger partial charge >= 0.3 is 0 Å². The molecular weight excluding hydrogens is 591 g/mol. The highest BCUT2D eigenvalue weighted by atomic mass is 35.5. The molecule has 3 aromatic rings. The Kier molecular flexibility index (Phi) is 12.4. The molecule has 0 unspecified atom stereocenters. The Labute approximate surface area is 258 Å². The largest absolute Gasteiger partial charge is 0.494 e. The van der Waals surface area contributed by atoms with Crippen LogP contribution < -0.4 is 30.7 Å². The summed E-state index contributed by atoms with van der Waals surface area (Å²) in [5.74, 6) is 0.920. The van der Waals surface area contributed by atoms with Gasteiger partial charge in [-0.2, -0.15) is 4.98 Å². The first-order valence-corrected chi connectivity index (χ1v) is 16.7. The van der Waals surface area contributed by atoms with E-state index >= 15 is 0 Å². The van der Waals surface area contributed by atoms with Crippen LogP contribution in [-0.4, -0.2) is 80.7 Å². The third kappa shape index (κ3) is 9.43. The Morgan fingerprint density at radius 2 is 1.81 bits per heavy atom. The molecule has 1 atom stereocenters. The van der Waals surface area contributed by atoms with E-state index in [-0.39, 0.29) is 17.1 Å². The number of ether oxygens (including phenoxy) is 3. The molecule has 0 spiro atoms. The number of para-hydroxylation sites is 1. The van der Waals surface area contributed by atoms with Crippen molar-refractivity contribution in [2.75, 3.05) is 69.7 Å². The van der Waals surface area contributed by atoms with Gasteiger partial charge in [0.2, 0.25) is 11.9 Å². The van der Waals surface area contributed by atoms with Crippen molar-refractivity contribution in [3.8, 4) is 11.5 Å². The van der Waals surface area contributed by atoms with Crippen molar-refractivity contribution in [1.29, 1.82) is 0 Å². The molecular formula is C30H40ClN6O5P. The number of methoxy groups -OCH3 is 2. The molecule has 43 heavy (non-hydrogen) atoms. The van der Waals surface area contributed by atoms with Gasteiger partial charge in [0.05, 0.1) is 37.0 Å². The fourth-order valence-electron chi connectivity index (χ4n) is 4.28. The van der Waals surface area contributed by atoms with Crippen LogP contribution in [0.1, 0.15) is 13.8 Å². The van der Waals surface area contributed by atoms with Gasteiger partial charge in [-0.15, -0.1) is 0 Å². The minimum absolute atomic E-state index is 0.201. The summed E-state index contributed by atoms with van der Waals surface area (Å²) >= 11 is 6.43. The molecule has 13 heteroatoms. The molecule has 0 bridgehead atoms. The Balaban J connectivity index is 1.98. The number of carbonyl (C=O) groups is 1. The molecule has 3 rings (SSSR count). The van der Waals surface area contributed by atoms with E-state index in [2.05, 4.69) is 51.2 Å². The molecule has 232 valence electrons. The maximum atomic E-state index is 12.8. The number of benzene rings is 2. The highest BCUT2D eigenvalue weighted by molar-refractivity contribution is 7.70. The minimum Gasteiger partial charge on any atom is -0.494 e. The number of hydrogen-bond donors (Lipinski definition) is 3. The highest BCUT2D eigenvalue weighted by Gasteiger charge is 2.21. The number of nitrogens with one attached hydrogen (secondary N) is 3. The molecule has 1 amide bonds. The first-order chi connectivity index (χ1) is 20.5. The van der Waals surface area contributed by atoms with E-state index in [0.29, 0.717) is 52.8 Å². The van der Waals surface area contributed by atoms with Gasteiger partial charge in [-0.05, 0) is 50.7 Å². The highest BCUT2D eigenvalue weighted by Crippen LogP contribution is 2.40. The first-order valence-electron chi connectivity index (χ1n) is 13.8. The summed E-state index contributed by atoms with van der Waals surface area (Å²) < 4.78 is 30.3. The quantitative estimate of drug-likeness (QED) is 0.133. The van der Waals surface area contributed by atoms with Crippen molar-refractivity contribution < 1.29 is 23.6 Å². The summed E-state index contributed by atoms with van der Waals surface area (Å²) in [7, 11) is 0.556. The Hall–Kier alpha value is -3.63. The molecule has 3 N–H and O–H groups in total. The lowest BCUT2D eigenvalue weighted by atomic mass is 10.2. The standard InChI is InChI=1S/C30H40ClN6O5P/c1-8-28(38)33-24-15-23(25(41-5)16-26(24)42-20(19-40-4)18-37(9-2)10-3)35-30-32-17-21(31)29(36-30)34-22-13-11-12-14-27(22)43(6,7)39/h8,11-17,20H,1,9-10,18-19H2,2-7H3,(H,33,38)(H2,32,34,35,36)/t20-/m0/s1. The molecule has 2 aromatic carbocycles. The predicted molar refractivity (Wildman–Crippen MR) is 175 cm³/mol. The maximum Gasteiger partial charge on any atom is 0.247 e. The van der Waals surface area contributed by atoms with Gasteiger partial charge in [0.15, 0.2) is 5.82 Å². The zero-order valence-electron chi connectivity index (χ0n) is 25.4. The van der Waals surface area contributed by atoms with E-state index < -0.39 is 13.0 Å². The number of carbonyl (C=O) groups excluding carboxylic acids is 1. The summed E-state index contributed by atoms with van der Waals surface area (Å²) in [4.78, 5) is 23.4. The van der Waals surface area contributed by atoms with Gasteiger partial charge in [0.1, 0.15) is 29.8 Å². The third-order valence-electron chi connectivity index (χ3n) is 6.48. The lowest BCUT2D eigenvalue weighted by molar-refractivity contribution is -0.111. The van der Waals surface area contributed by atoms with Gasteiger partial charge in [0, 0.05) is 25.0 Å². The fraction of sp³-hybridized carbons (Fsp3) is 0.367. The van der Waals surface area contributed by atoms with Crippen LogP contribution in [0.25, 0.3) is 0 Å². The second-order valence-corrected chi connectivity index (χ2v) is 13.5. The molecule has 0 radical (unpaired) electrons. The molecule has 0 aliphatic rings. The number of halogens is 1. The smallest absolute Gasteiger partial charge is 0.247 e. The van der Waals surface area contributed by atoms with E-state index in [1.165, 1.54) is 19.4 Å². The molecule has 11 nitrogen and oxygen atoms in total. The van der Waals surface area contributed by atoms with Crippen LogP contribution in [0.3, 0.4) is 0 Å². The van der Waals surface area contributed by atoms with Crippen LogP contribution in [0.2, 0.25) is 5.02 Å². The first kappa shape index (κ1) is 33.9. The fourth-order valence-corrected chi connectivity index (χ4v) is 5.57. The van der Waals surface area contributed by atoms with Crippen molar-refractivity contribution in [2.24, 2.45) is 0 Å². The van der Waals surface area contributed by atoms with Crippen molar-refractivity contribution >= 4 is 58.8 Å². The van der Waals surface area contributed by atoms with E-state index in [4.69, 9.17) is 25.8 Å². The molecule has 0 aliphatic carbocycles. The zero-order chi connectivity index (χ0) is 31.6. The molecule has 0 fully saturated rings. The summed E-state index contributed by atoms with van der Waals surface area (Å²) in [6.07, 6.45) is 2.31. The topological polar surface area (TPSA) is 127 Å². The van der Waals surface area contributed by atoms with Crippen molar-refractivity contribution in [3.63, 3.8) is 0 Å². The van der Waals surface area contributed by atoms with Gasteiger partial charge in [-0.25, -0.2) is 4.98 Å². The average molecular weight is 631 g/mol. The number of rotatable bonds is 16. The molecule has 0 saturated heterocycles. The summed E-state index contributed by atoms with van der Waals surface area (Å²) in [5.41, 5.74) is 1.48. The monoisotopic (exact) mass is 630 g/mol. The van der Waals surface area contributed by atoms with Crippen molar-refractivity contribution in [2.45, 2.75) is 20.0 Å². The molecule has 1 aromatic heterocycles. The van der Waals surface area contributed by atoms with Crippen LogP contribution in [0.5, 0.6) is 11.5 Å². The Morgan fingerprint density at radius 3 is 2.44 bits per heavy atom. The van der Waals surface area contributed by atoms with E-state index in [9.17, 15) is 9.36 Å². The molecule has 1 heterocycles. The number of aromatic nitrogens is 2. The third-order valence-corrected chi connectivity index (χ3v) is 8.30. The van der Waals surface area contributed by atoms with E-state index in [1.807, 2.05) is 24.3 Å². The van der Waals surface area contributed by atoms with Crippen LogP contribution in [0.4, 0.5) is 28.8 Å². The summed E-state index contributed by atoms with van der Waals surface area (Å²) in [6.45, 7) is 13.8. The summed E-state index contributed by atoms with van der Waals surface area (Å²) in [5, 5.41) is 10.1. The Morgan fingerprint density at radius 1 is 1.09 bits per heavy atom. The van der Waals surface area contributed by atoms with Gasteiger partial charge < -0.3 is 39.6 Å². The second-order valence-electron chi connectivity index (χ2n) is 9.93. The van der Waals surface area contributed by atoms with Crippen LogP contribution in [0.15, 0.2) is 55.3 Å². The second kappa shape index (κ2) is 15.7. The van der Waals surface area contributed by atoms with Crippen LogP contribution in [0, 0.1) is 0 Å². The minimum atomic E-state index is -2.58. The zero-order valence-corrected chi connectivity index (χ0v) is 27.1. The number of nitrogens with zero attached hydrogens (tertiary/aromatic N) is 3. The lowest BCUT2D eigenvalue weighted by Crippen LogP contribution is -2.38. The molecule has 0 aliphatic heterocycles. The number of amides is 1.